The summed E-state index contributed by atoms with van der Waals surface area (Å²) in [5, 5.41) is 15.6. The number of benzene rings is 2. The molecule has 2 N–H and O–H groups in total. The van der Waals surface area contributed by atoms with E-state index in [2.05, 4.69) is 21.7 Å². The van der Waals surface area contributed by atoms with E-state index in [1.807, 2.05) is 6.07 Å². The summed E-state index contributed by atoms with van der Waals surface area (Å²) in [6, 6.07) is 17.2. The van der Waals surface area contributed by atoms with Crippen molar-refractivity contribution in [2.24, 2.45) is 0 Å². The van der Waals surface area contributed by atoms with Gasteiger partial charge in [0.15, 0.2) is 0 Å². The molecule has 5 nitrogen and oxygen atoms in total. The van der Waals surface area contributed by atoms with E-state index in [1.165, 1.54) is 6.20 Å². The zero-order chi connectivity index (χ0) is 18.5. The number of nitriles is 1. The zero-order valence-electron chi connectivity index (χ0n) is 13.3. The third kappa shape index (κ3) is 4.31. The van der Waals surface area contributed by atoms with Gasteiger partial charge in [-0.3, -0.25) is 9.78 Å². The summed E-state index contributed by atoms with van der Waals surface area (Å²) in [6.07, 6.45) is 1.52. The fourth-order valence-electron chi connectivity index (χ4n) is 2.25. The fraction of sp³-hybridized carbons (Fsp3) is 0. The Morgan fingerprint density at radius 1 is 1.04 bits per heavy atom. The molecular weight excluding hydrogens is 371 g/mol. The van der Waals surface area contributed by atoms with Gasteiger partial charge in [-0.05, 0) is 48.5 Å². The van der Waals surface area contributed by atoms with E-state index in [0.717, 1.165) is 5.69 Å². The van der Waals surface area contributed by atoms with Crippen LogP contribution < -0.4 is 10.6 Å². The molecule has 0 atom stereocenters. The first-order chi connectivity index (χ1) is 12.5. The average Bonchev–Trinajstić information content (AvgIpc) is 2.65. The molecule has 0 radical (unpaired) electrons. The Labute approximate surface area is 160 Å². The molecule has 3 aromatic rings. The quantitative estimate of drug-likeness (QED) is 0.645. The van der Waals surface area contributed by atoms with Gasteiger partial charge in [0.1, 0.15) is 5.69 Å². The van der Waals surface area contributed by atoms with Gasteiger partial charge in [0.25, 0.3) is 5.91 Å². The Kier molecular flexibility index (Phi) is 5.37. The number of hydrogen-bond acceptors (Lipinski definition) is 4. The molecular formula is C19H12Cl2N4O. The van der Waals surface area contributed by atoms with Gasteiger partial charge in [-0.15, -0.1) is 0 Å². The van der Waals surface area contributed by atoms with E-state index in [0.29, 0.717) is 27.0 Å². The van der Waals surface area contributed by atoms with Crippen molar-refractivity contribution in [3.05, 3.63) is 82.1 Å². The highest BCUT2D eigenvalue weighted by molar-refractivity contribution is 6.35. The maximum absolute atomic E-state index is 12.4. The first-order valence-corrected chi connectivity index (χ1v) is 8.30. The van der Waals surface area contributed by atoms with Crippen molar-refractivity contribution in [3.8, 4) is 6.07 Å². The minimum absolute atomic E-state index is 0.211. The van der Waals surface area contributed by atoms with E-state index in [-0.39, 0.29) is 5.69 Å². The van der Waals surface area contributed by atoms with Crippen molar-refractivity contribution in [1.29, 1.82) is 5.26 Å². The Morgan fingerprint density at radius 2 is 1.85 bits per heavy atom. The van der Waals surface area contributed by atoms with Crippen molar-refractivity contribution >= 4 is 46.2 Å². The molecule has 0 spiro atoms. The third-order valence-electron chi connectivity index (χ3n) is 3.45. The maximum Gasteiger partial charge on any atom is 0.274 e. The summed E-state index contributed by atoms with van der Waals surface area (Å²) < 4.78 is 0. The largest absolute Gasteiger partial charge is 0.355 e. The molecule has 0 saturated carbocycles. The van der Waals surface area contributed by atoms with Crippen LogP contribution in [0.4, 0.5) is 17.1 Å². The van der Waals surface area contributed by atoms with Crippen LogP contribution in [0.1, 0.15) is 16.1 Å². The summed E-state index contributed by atoms with van der Waals surface area (Å²) >= 11 is 12.0. The lowest BCUT2D eigenvalue weighted by Crippen LogP contribution is -2.14. The van der Waals surface area contributed by atoms with Gasteiger partial charge >= 0.3 is 0 Å². The molecule has 2 aromatic carbocycles. The fourth-order valence-corrected chi connectivity index (χ4v) is 2.58. The minimum Gasteiger partial charge on any atom is -0.355 e. The number of anilines is 3. The molecule has 26 heavy (non-hydrogen) atoms. The molecule has 0 saturated heterocycles. The molecule has 3 rings (SSSR count). The summed E-state index contributed by atoms with van der Waals surface area (Å²) in [5.41, 5.74) is 2.56. The maximum atomic E-state index is 12.4. The SMILES string of the molecule is N#Cc1cccc(Nc2ccnc(C(=O)Nc3cc(Cl)ccc3Cl)c2)c1. The zero-order valence-corrected chi connectivity index (χ0v) is 14.8. The molecule has 0 aliphatic carbocycles. The van der Waals surface area contributed by atoms with E-state index >= 15 is 0 Å². The second kappa shape index (κ2) is 7.87. The monoisotopic (exact) mass is 382 g/mol. The van der Waals surface area contributed by atoms with E-state index in [4.69, 9.17) is 28.5 Å². The van der Waals surface area contributed by atoms with Crippen LogP contribution in [-0.2, 0) is 0 Å². The molecule has 1 heterocycles. The van der Waals surface area contributed by atoms with Gasteiger partial charge in [0, 0.05) is 22.6 Å². The number of aromatic nitrogens is 1. The van der Waals surface area contributed by atoms with Crippen LogP contribution in [0.25, 0.3) is 0 Å². The lowest BCUT2D eigenvalue weighted by atomic mass is 10.2. The molecule has 0 aliphatic heterocycles. The van der Waals surface area contributed by atoms with Crippen LogP contribution >= 0.6 is 23.2 Å². The predicted octanol–water partition coefficient (Wildman–Crippen LogP) is 5.26. The van der Waals surface area contributed by atoms with Crippen LogP contribution in [0.5, 0.6) is 0 Å². The topological polar surface area (TPSA) is 77.8 Å². The molecule has 0 unspecified atom stereocenters. The Balaban J connectivity index is 1.79. The number of pyridine rings is 1. The van der Waals surface area contributed by atoms with Crippen molar-refractivity contribution in [1.82, 2.24) is 4.98 Å². The highest BCUT2D eigenvalue weighted by atomic mass is 35.5. The second-order valence-electron chi connectivity index (χ2n) is 5.33. The summed E-state index contributed by atoms with van der Waals surface area (Å²) in [4.78, 5) is 16.5. The Hall–Kier alpha value is -3.07. The molecule has 0 aliphatic rings. The number of rotatable bonds is 4. The smallest absolute Gasteiger partial charge is 0.274 e. The summed E-state index contributed by atoms with van der Waals surface area (Å²) in [7, 11) is 0. The molecule has 1 amide bonds. The van der Waals surface area contributed by atoms with Crippen molar-refractivity contribution < 1.29 is 4.79 Å². The van der Waals surface area contributed by atoms with E-state index in [9.17, 15) is 4.79 Å². The third-order valence-corrected chi connectivity index (χ3v) is 4.01. The summed E-state index contributed by atoms with van der Waals surface area (Å²) in [5.74, 6) is -0.413. The summed E-state index contributed by atoms with van der Waals surface area (Å²) in [6.45, 7) is 0. The van der Waals surface area contributed by atoms with Gasteiger partial charge < -0.3 is 10.6 Å². The first kappa shape index (κ1) is 17.7. The van der Waals surface area contributed by atoms with Crippen LogP contribution in [-0.4, -0.2) is 10.9 Å². The minimum atomic E-state index is -0.413. The van der Waals surface area contributed by atoms with Gasteiger partial charge in [-0.1, -0.05) is 29.3 Å². The highest BCUT2D eigenvalue weighted by Crippen LogP contribution is 2.26. The van der Waals surface area contributed by atoms with Crippen molar-refractivity contribution in [2.45, 2.75) is 0 Å². The van der Waals surface area contributed by atoms with Gasteiger partial charge in [0.05, 0.1) is 22.3 Å². The number of carbonyl (C=O) groups is 1. The number of amides is 1. The van der Waals surface area contributed by atoms with Gasteiger partial charge in [0.2, 0.25) is 0 Å². The van der Waals surface area contributed by atoms with Crippen molar-refractivity contribution in [2.75, 3.05) is 10.6 Å². The van der Waals surface area contributed by atoms with Crippen LogP contribution in [0.3, 0.4) is 0 Å². The lowest BCUT2D eigenvalue weighted by Gasteiger charge is -2.10. The van der Waals surface area contributed by atoms with E-state index in [1.54, 1.807) is 48.5 Å². The number of hydrogen-bond donors (Lipinski definition) is 2. The number of nitrogens with one attached hydrogen (secondary N) is 2. The number of halogens is 2. The van der Waals surface area contributed by atoms with E-state index < -0.39 is 5.91 Å². The first-order valence-electron chi connectivity index (χ1n) is 7.55. The van der Waals surface area contributed by atoms with Crippen LogP contribution in [0.15, 0.2) is 60.8 Å². The Bertz CT molecular complexity index is 1010. The molecule has 1 aromatic heterocycles. The van der Waals surface area contributed by atoms with Gasteiger partial charge in [-0.25, -0.2) is 0 Å². The molecule has 7 heteroatoms. The van der Waals surface area contributed by atoms with Crippen LogP contribution in [0, 0.1) is 11.3 Å². The van der Waals surface area contributed by atoms with Crippen molar-refractivity contribution in [3.63, 3.8) is 0 Å². The standard InChI is InChI=1S/C19H12Cl2N4O/c20-13-4-5-16(21)17(9-13)25-19(26)18-10-15(6-7-23-18)24-14-3-1-2-12(8-14)11-22/h1-10H,(H,23,24)(H,25,26). The Morgan fingerprint density at radius 3 is 2.65 bits per heavy atom. The average molecular weight is 383 g/mol. The number of carbonyl (C=O) groups excluding carboxylic acids is 1. The van der Waals surface area contributed by atoms with Crippen LogP contribution in [0.2, 0.25) is 10.0 Å². The molecule has 0 bridgehead atoms. The lowest BCUT2D eigenvalue weighted by molar-refractivity contribution is 0.102. The normalized spacial score (nSPS) is 10.0. The second-order valence-corrected chi connectivity index (χ2v) is 6.17. The highest BCUT2D eigenvalue weighted by Gasteiger charge is 2.11. The number of nitrogens with zero attached hydrogens (tertiary/aromatic N) is 2. The van der Waals surface area contributed by atoms with Gasteiger partial charge in [-0.2, -0.15) is 5.26 Å². The molecule has 0 fully saturated rings. The molecule has 128 valence electrons. The predicted molar refractivity (Wildman–Crippen MR) is 103 cm³/mol.